The molecule has 32 heavy (non-hydrogen) atoms. The van der Waals surface area contributed by atoms with Gasteiger partial charge in [-0.15, -0.1) is 24.0 Å². The van der Waals surface area contributed by atoms with Crippen molar-refractivity contribution in [2.45, 2.75) is 38.5 Å². The van der Waals surface area contributed by atoms with Crippen LogP contribution >= 0.6 is 35.6 Å². The third-order valence-electron chi connectivity index (χ3n) is 4.81. The van der Waals surface area contributed by atoms with Gasteiger partial charge in [-0.1, -0.05) is 23.7 Å². The summed E-state index contributed by atoms with van der Waals surface area (Å²) in [6.45, 7) is 3.78. The highest BCUT2D eigenvalue weighted by atomic mass is 127. The molecule has 3 rings (SSSR count). The van der Waals surface area contributed by atoms with Crippen LogP contribution in [-0.2, 0) is 16.1 Å². The Bertz CT molecular complexity index is 889. The predicted octanol–water partition coefficient (Wildman–Crippen LogP) is 4.21. The van der Waals surface area contributed by atoms with Crippen LogP contribution < -0.4 is 20.7 Å². The first kappa shape index (κ1) is 26.2. The second kappa shape index (κ2) is 13.5. The third kappa shape index (κ3) is 8.48. The average molecular weight is 573 g/mol. The van der Waals surface area contributed by atoms with Crippen LogP contribution in [0.5, 0.6) is 5.75 Å². The quantitative estimate of drug-likeness (QED) is 0.251. The minimum absolute atomic E-state index is 0. The van der Waals surface area contributed by atoms with Gasteiger partial charge in [-0.3, -0.25) is 9.79 Å². The van der Waals surface area contributed by atoms with Gasteiger partial charge in [0.2, 0.25) is 0 Å². The van der Waals surface area contributed by atoms with Crippen LogP contribution in [-0.4, -0.2) is 44.3 Å². The van der Waals surface area contributed by atoms with E-state index in [4.69, 9.17) is 21.1 Å². The van der Waals surface area contributed by atoms with Gasteiger partial charge in [0.05, 0.1) is 6.54 Å². The molecule has 0 spiro atoms. The molecule has 0 aliphatic carbocycles. The van der Waals surface area contributed by atoms with Crippen molar-refractivity contribution in [1.82, 2.24) is 10.6 Å². The van der Waals surface area contributed by atoms with Gasteiger partial charge >= 0.3 is 0 Å². The number of halogens is 2. The normalized spacial score (nSPS) is 16.6. The van der Waals surface area contributed by atoms with Gasteiger partial charge in [0.15, 0.2) is 5.96 Å². The fourth-order valence-electron chi connectivity index (χ4n) is 3.20. The number of hydrogen-bond donors (Lipinski definition) is 3. The molecule has 2 atom stereocenters. The highest BCUT2D eigenvalue weighted by Crippen LogP contribution is 2.17. The Balaban J connectivity index is 0.00000363. The molecule has 9 heteroatoms. The summed E-state index contributed by atoms with van der Waals surface area (Å²) in [6.07, 6.45) is 1.30. The molecule has 2 aromatic carbocycles. The fourth-order valence-corrected chi connectivity index (χ4v) is 3.33. The SMILES string of the molecule is CN=C(NCc1cccc(NC(=O)C2CCCO2)c1)NCC(C)Oc1ccc(Cl)cc1.I. The van der Waals surface area contributed by atoms with Gasteiger partial charge in [-0.25, -0.2) is 0 Å². The Morgan fingerprint density at radius 3 is 2.72 bits per heavy atom. The molecule has 2 unspecified atom stereocenters. The highest BCUT2D eigenvalue weighted by Gasteiger charge is 2.23. The van der Waals surface area contributed by atoms with Gasteiger partial charge in [0, 0.05) is 30.9 Å². The molecular formula is C23H30ClIN4O3. The van der Waals surface area contributed by atoms with E-state index in [0.717, 1.165) is 29.8 Å². The van der Waals surface area contributed by atoms with E-state index in [2.05, 4.69) is 20.9 Å². The highest BCUT2D eigenvalue weighted by molar-refractivity contribution is 14.0. The molecule has 1 amide bonds. The lowest BCUT2D eigenvalue weighted by Crippen LogP contribution is -2.41. The van der Waals surface area contributed by atoms with Gasteiger partial charge in [0.25, 0.3) is 5.91 Å². The summed E-state index contributed by atoms with van der Waals surface area (Å²) in [5.74, 6) is 1.35. The number of carbonyl (C=O) groups is 1. The van der Waals surface area contributed by atoms with Crippen molar-refractivity contribution in [2.75, 3.05) is 25.5 Å². The van der Waals surface area contributed by atoms with Crippen LogP contribution in [0.4, 0.5) is 5.69 Å². The van der Waals surface area contributed by atoms with Crippen LogP contribution in [0.1, 0.15) is 25.3 Å². The minimum atomic E-state index is -0.345. The lowest BCUT2D eigenvalue weighted by molar-refractivity contribution is -0.124. The molecule has 1 fully saturated rings. The number of nitrogens with one attached hydrogen (secondary N) is 3. The number of guanidine groups is 1. The number of ether oxygens (including phenoxy) is 2. The summed E-state index contributed by atoms with van der Waals surface area (Å²) in [7, 11) is 1.72. The van der Waals surface area contributed by atoms with Crippen LogP contribution in [0, 0.1) is 0 Å². The van der Waals surface area contributed by atoms with E-state index in [1.54, 1.807) is 19.2 Å². The molecule has 2 aromatic rings. The monoisotopic (exact) mass is 572 g/mol. The minimum Gasteiger partial charge on any atom is -0.489 e. The van der Waals surface area contributed by atoms with Crippen molar-refractivity contribution in [3.8, 4) is 5.75 Å². The maximum Gasteiger partial charge on any atom is 0.253 e. The lowest BCUT2D eigenvalue weighted by atomic mass is 10.2. The molecule has 0 aromatic heterocycles. The summed E-state index contributed by atoms with van der Waals surface area (Å²) in [4.78, 5) is 16.5. The number of anilines is 1. The van der Waals surface area contributed by atoms with Crippen molar-refractivity contribution in [3.05, 3.63) is 59.1 Å². The summed E-state index contributed by atoms with van der Waals surface area (Å²) >= 11 is 5.90. The first-order chi connectivity index (χ1) is 15.0. The summed E-state index contributed by atoms with van der Waals surface area (Å²) in [6, 6.07) is 15.0. The Morgan fingerprint density at radius 1 is 1.25 bits per heavy atom. The molecule has 3 N–H and O–H groups in total. The maximum atomic E-state index is 12.2. The second-order valence-corrected chi connectivity index (χ2v) is 7.82. The smallest absolute Gasteiger partial charge is 0.253 e. The van der Waals surface area contributed by atoms with E-state index in [0.29, 0.717) is 30.7 Å². The molecule has 1 heterocycles. The van der Waals surface area contributed by atoms with Gasteiger partial charge < -0.3 is 25.4 Å². The first-order valence-corrected chi connectivity index (χ1v) is 10.8. The number of hydrogen-bond acceptors (Lipinski definition) is 4. The average Bonchev–Trinajstić information content (AvgIpc) is 3.31. The van der Waals surface area contributed by atoms with Crippen LogP contribution in [0.2, 0.25) is 5.02 Å². The lowest BCUT2D eigenvalue weighted by Gasteiger charge is -2.18. The zero-order valence-electron chi connectivity index (χ0n) is 18.3. The van der Waals surface area contributed by atoms with Crippen molar-refractivity contribution in [2.24, 2.45) is 4.99 Å². The second-order valence-electron chi connectivity index (χ2n) is 7.38. The molecule has 1 aliphatic heterocycles. The predicted molar refractivity (Wildman–Crippen MR) is 139 cm³/mol. The van der Waals surface area contributed by atoms with E-state index in [-0.39, 0.29) is 42.1 Å². The molecular weight excluding hydrogens is 543 g/mol. The Labute approximate surface area is 211 Å². The van der Waals surface area contributed by atoms with Crippen molar-refractivity contribution in [1.29, 1.82) is 0 Å². The Kier molecular flexibility index (Phi) is 11.1. The standard InChI is InChI=1S/C23H29ClN4O3.HI/c1-16(31-20-10-8-18(24)9-11-20)14-26-23(25-2)27-15-17-5-3-6-19(13-17)28-22(29)21-7-4-12-30-21;/h3,5-6,8-11,13,16,21H,4,7,12,14-15H2,1-2H3,(H,28,29)(H2,25,26,27);1H. The van der Waals surface area contributed by atoms with Crippen molar-refractivity contribution >= 4 is 53.1 Å². The van der Waals surface area contributed by atoms with E-state index >= 15 is 0 Å². The van der Waals surface area contributed by atoms with Crippen molar-refractivity contribution < 1.29 is 14.3 Å². The van der Waals surface area contributed by atoms with Crippen LogP contribution in [0.3, 0.4) is 0 Å². The van der Waals surface area contributed by atoms with Gasteiger partial charge in [-0.2, -0.15) is 0 Å². The number of benzene rings is 2. The molecule has 0 saturated carbocycles. The van der Waals surface area contributed by atoms with Crippen LogP contribution in [0.25, 0.3) is 0 Å². The number of nitrogens with zero attached hydrogens (tertiary/aromatic N) is 1. The molecule has 1 aliphatic rings. The Hall–Kier alpha value is -2.04. The topological polar surface area (TPSA) is 84.0 Å². The maximum absolute atomic E-state index is 12.2. The van der Waals surface area contributed by atoms with E-state index in [1.165, 1.54) is 0 Å². The first-order valence-electron chi connectivity index (χ1n) is 10.4. The summed E-state index contributed by atoms with van der Waals surface area (Å²) in [5, 5.41) is 10.1. The number of aliphatic imine (C=N–C) groups is 1. The number of rotatable bonds is 8. The van der Waals surface area contributed by atoms with Gasteiger partial charge in [0.1, 0.15) is 18.0 Å². The third-order valence-corrected chi connectivity index (χ3v) is 5.06. The van der Waals surface area contributed by atoms with E-state index < -0.39 is 0 Å². The largest absolute Gasteiger partial charge is 0.489 e. The number of amides is 1. The van der Waals surface area contributed by atoms with E-state index in [9.17, 15) is 4.79 Å². The van der Waals surface area contributed by atoms with Gasteiger partial charge in [-0.05, 0) is 61.7 Å². The fraction of sp³-hybridized carbons (Fsp3) is 0.391. The number of carbonyl (C=O) groups excluding carboxylic acids is 1. The van der Waals surface area contributed by atoms with E-state index in [1.807, 2.05) is 43.3 Å². The molecule has 0 bridgehead atoms. The zero-order valence-corrected chi connectivity index (χ0v) is 21.4. The Morgan fingerprint density at radius 2 is 2.03 bits per heavy atom. The van der Waals surface area contributed by atoms with Crippen molar-refractivity contribution in [3.63, 3.8) is 0 Å². The molecule has 1 saturated heterocycles. The summed E-state index contributed by atoms with van der Waals surface area (Å²) in [5.41, 5.74) is 1.78. The molecule has 0 radical (unpaired) electrons. The molecule has 7 nitrogen and oxygen atoms in total. The molecule has 174 valence electrons. The zero-order chi connectivity index (χ0) is 22.1. The van der Waals surface area contributed by atoms with Crippen LogP contribution in [0.15, 0.2) is 53.5 Å². The summed E-state index contributed by atoms with van der Waals surface area (Å²) < 4.78 is 11.3.